The second-order valence-electron chi connectivity index (χ2n) is 7.99. The zero-order valence-corrected chi connectivity index (χ0v) is 16.9. The van der Waals surface area contributed by atoms with E-state index in [1.807, 2.05) is 43.5 Å². The minimum atomic E-state index is -0.605. The van der Waals surface area contributed by atoms with Gasteiger partial charge in [-0.1, -0.05) is 30.3 Å². The lowest BCUT2D eigenvalue weighted by Crippen LogP contribution is -2.54. The number of ether oxygens (including phenoxy) is 2. The van der Waals surface area contributed by atoms with Gasteiger partial charge in [0.1, 0.15) is 5.75 Å². The van der Waals surface area contributed by atoms with Gasteiger partial charge in [0.05, 0.1) is 24.3 Å². The van der Waals surface area contributed by atoms with Gasteiger partial charge in [0.15, 0.2) is 6.73 Å². The van der Waals surface area contributed by atoms with Crippen molar-refractivity contribution in [1.29, 1.82) is 0 Å². The molecule has 2 aromatic carbocycles. The van der Waals surface area contributed by atoms with E-state index >= 15 is 0 Å². The first kappa shape index (κ1) is 19.0. The monoisotopic (exact) mass is 404 g/mol. The van der Waals surface area contributed by atoms with Gasteiger partial charge in [-0.3, -0.25) is 14.7 Å². The summed E-state index contributed by atoms with van der Waals surface area (Å²) in [6.07, 6.45) is 2.46. The summed E-state index contributed by atoms with van der Waals surface area (Å²) in [5.41, 5.74) is 3.64. The molecule has 0 spiro atoms. The summed E-state index contributed by atoms with van der Waals surface area (Å²) in [6, 6.07) is 13.6. The molecule has 2 atom stereocenters. The first-order valence-corrected chi connectivity index (χ1v) is 10.3. The van der Waals surface area contributed by atoms with E-state index in [0.717, 1.165) is 27.6 Å². The average Bonchev–Trinajstić information content (AvgIpc) is 2.77. The largest absolute Gasteiger partial charge is 0.472 e. The Labute approximate surface area is 175 Å². The van der Waals surface area contributed by atoms with Gasteiger partial charge in [-0.05, 0) is 48.4 Å². The molecule has 0 unspecified atom stereocenters. The van der Waals surface area contributed by atoms with Crippen LogP contribution in [-0.4, -0.2) is 53.0 Å². The Morgan fingerprint density at radius 2 is 2.03 bits per heavy atom. The lowest BCUT2D eigenvalue weighted by molar-refractivity contribution is -0.0694. The molecule has 1 amide bonds. The Kier molecular flexibility index (Phi) is 4.89. The molecule has 0 bridgehead atoms. The molecule has 1 N–H and O–H groups in total. The van der Waals surface area contributed by atoms with Crippen molar-refractivity contribution in [2.75, 3.05) is 19.9 Å². The van der Waals surface area contributed by atoms with Gasteiger partial charge in [0, 0.05) is 23.9 Å². The van der Waals surface area contributed by atoms with E-state index in [2.05, 4.69) is 17.1 Å². The standard InChI is InChI=1S/C24H24N2O4/c1-15-6-7-16(12-25-15)10-17-11-20-23(19-5-3-2-4-18(17)19)30-14-26(24(20)28)21-13-29-9-8-22(21)27/h2-7,11-12,21-22,27H,8-10,13-14H2,1H3/t21-,22-/m1/s1. The van der Waals surface area contributed by atoms with E-state index in [4.69, 9.17) is 9.47 Å². The third-order valence-corrected chi connectivity index (χ3v) is 5.98. The van der Waals surface area contributed by atoms with Crippen molar-refractivity contribution < 1.29 is 19.4 Å². The molecular formula is C24H24N2O4. The molecule has 1 saturated heterocycles. The van der Waals surface area contributed by atoms with Crippen molar-refractivity contribution in [1.82, 2.24) is 9.88 Å². The van der Waals surface area contributed by atoms with Crippen molar-refractivity contribution in [3.05, 3.63) is 71.0 Å². The van der Waals surface area contributed by atoms with Crippen LogP contribution in [0.15, 0.2) is 48.7 Å². The van der Waals surface area contributed by atoms with Crippen LogP contribution in [0.1, 0.15) is 33.6 Å². The summed E-state index contributed by atoms with van der Waals surface area (Å²) in [6.45, 7) is 2.91. The van der Waals surface area contributed by atoms with Gasteiger partial charge in [-0.15, -0.1) is 0 Å². The molecule has 2 aliphatic heterocycles. The molecule has 6 nitrogen and oxygen atoms in total. The van der Waals surface area contributed by atoms with E-state index in [1.165, 1.54) is 0 Å². The highest BCUT2D eigenvalue weighted by Gasteiger charge is 2.37. The molecule has 0 aliphatic carbocycles. The summed E-state index contributed by atoms with van der Waals surface area (Å²) in [5.74, 6) is 0.490. The van der Waals surface area contributed by atoms with Gasteiger partial charge in [-0.25, -0.2) is 0 Å². The third-order valence-electron chi connectivity index (χ3n) is 5.98. The van der Waals surface area contributed by atoms with Crippen molar-refractivity contribution in [2.45, 2.75) is 31.9 Å². The minimum absolute atomic E-state index is 0.113. The topological polar surface area (TPSA) is 71.9 Å². The lowest BCUT2D eigenvalue weighted by atomic mass is 9.93. The number of fused-ring (bicyclic) bond motifs is 3. The van der Waals surface area contributed by atoms with Crippen LogP contribution >= 0.6 is 0 Å². The van der Waals surface area contributed by atoms with E-state index < -0.39 is 12.1 Å². The summed E-state index contributed by atoms with van der Waals surface area (Å²) in [4.78, 5) is 19.4. The van der Waals surface area contributed by atoms with Gasteiger partial charge in [-0.2, -0.15) is 0 Å². The van der Waals surface area contributed by atoms with Crippen LogP contribution in [0.3, 0.4) is 0 Å². The maximum absolute atomic E-state index is 13.4. The van der Waals surface area contributed by atoms with Gasteiger partial charge < -0.3 is 14.6 Å². The van der Waals surface area contributed by atoms with E-state index in [-0.39, 0.29) is 12.6 Å². The summed E-state index contributed by atoms with van der Waals surface area (Å²) < 4.78 is 11.6. The van der Waals surface area contributed by atoms with Crippen molar-refractivity contribution >= 4 is 16.7 Å². The van der Waals surface area contributed by atoms with Gasteiger partial charge >= 0.3 is 0 Å². The van der Waals surface area contributed by atoms with Crippen LogP contribution in [0, 0.1) is 6.92 Å². The fraction of sp³-hybridized carbons (Fsp3) is 0.333. The number of pyridine rings is 1. The number of hydrogen-bond donors (Lipinski definition) is 1. The number of carbonyl (C=O) groups is 1. The second kappa shape index (κ2) is 7.70. The Morgan fingerprint density at radius 1 is 1.20 bits per heavy atom. The normalized spacial score (nSPS) is 21.4. The highest BCUT2D eigenvalue weighted by Crippen LogP contribution is 2.37. The number of aromatic nitrogens is 1. The first-order chi connectivity index (χ1) is 14.6. The molecule has 3 heterocycles. The number of amides is 1. The Morgan fingerprint density at radius 3 is 2.80 bits per heavy atom. The van der Waals surface area contributed by atoms with Gasteiger partial charge in [0.25, 0.3) is 5.91 Å². The summed E-state index contributed by atoms with van der Waals surface area (Å²) in [5, 5.41) is 12.4. The van der Waals surface area contributed by atoms with Crippen molar-refractivity contribution in [3.8, 4) is 5.75 Å². The molecule has 0 saturated carbocycles. The number of rotatable bonds is 3. The molecule has 6 heteroatoms. The summed E-state index contributed by atoms with van der Waals surface area (Å²) in [7, 11) is 0. The van der Waals surface area contributed by atoms with Crippen LogP contribution in [0.2, 0.25) is 0 Å². The molecule has 1 aromatic heterocycles. The Bertz CT molecular complexity index is 1100. The second-order valence-corrected chi connectivity index (χ2v) is 7.99. The molecule has 154 valence electrons. The number of aryl methyl sites for hydroxylation is 1. The SMILES string of the molecule is Cc1ccc(Cc2cc3c(c4ccccc24)OCN([C@@H]2COCC[C@H]2O)C3=O)cn1. The van der Waals surface area contributed by atoms with Crippen molar-refractivity contribution in [3.63, 3.8) is 0 Å². The number of benzene rings is 2. The third kappa shape index (κ3) is 3.32. The fourth-order valence-electron chi connectivity index (χ4n) is 4.31. The van der Waals surface area contributed by atoms with Gasteiger partial charge in [0.2, 0.25) is 0 Å². The number of nitrogens with zero attached hydrogens (tertiary/aromatic N) is 2. The van der Waals surface area contributed by atoms with E-state index in [0.29, 0.717) is 37.4 Å². The quantitative estimate of drug-likeness (QED) is 0.726. The number of aliphatic hydroxyl groups is 1. The van der Waals surface area contributed by atoms with E-state index in [9.17, 15) is 9.90 Å². The average molecular weight is 404 g/mol. The van der Waals surface area contributed by atoms with E-state index in [1.54, 1.807) is 4.90 Å². The van der Waals surface area contributed by atoms with Crippen LogP contribution in [-0.2, 0) is 11.2 Å². The molecule has 5 rings (SSSR count). The Balaban J connectivity index is 1.57. The smallest absolute Gasteiger partial charge is 0.260 e. The zero-order chi connectivity index (χ0) is 20.7. The molecule has 0 radical (unpaired) electrons. The zero-order valence-electron chi connectivity index (χ0n) is 16.9. The molecule has 2 aliphatic rings. The van der Waals surface area contributed by atoms with Crippen molar-refractivity contribution in [2.24, 2.45) is 0 Å². The van der Waals surface area contributed by atoms with Crippen LogP contribution in [0.25, 0.3) is 10.8 Å². The van der Waals surface area contributed by atoms with Crippen LogP contribution in [0.4, 0.5) is 0 Å². The molecular weight excluding hydrogens is 380 g/mol. The number of aliphatic hydroxyl groups excluding tert-OH is 1. The molecule has 30 heavy (non-hydrogen) atoms. The maximum Gasteiger partial charge on any atom is 0.260 e. The summed E-state index contributed by atoms with van der Waals surface area (Å²) >= 11 is 0. The fourth-order valence-corrected chi connectivity index (χ4v) is 4.31. The maximum atomic E-state index is 13.4. The predicted octanol–water partition coefficient (Wildman–Crippen LogP) is 3.08. The first-order valence-electron chi connectivity index (χ1n) is 10.3. The molecule has 3 aromatic rings. The highest BCUT2D eigenvalue weighted by atomic mass is 16.5. The predicted molar refractivity (Wildman–Crippen MR) is 113 cm³/mol. The minimum Gasteiger partial charge on any atom is -0.472 e. The number of carbonyl (C=O) groups excluding carboxylic acids is 1. The van der Waals surface area contributed by atoms with Crippen LogP contribution < -0.4 is 4.74 Å². The van der Waals surface area contributed by atoms with Crippen LogP contribution in [0.5, 0.6) is 5.75 Å². The Hall–Kier alpha value is -2.96. The molecule has 1 fully saturated rings. The lowest BCUT2D eigenvalue weighted by Gasteiger charge is -2.39. The number of hydrogen-bond acceptors (Lipinski definition) is 5. The highest BCUT2D eigenvalue weighted by molar-refractivity contribution is 6.06.